The van der Waals surface area contributed by atoms with Crippen LogP contribution >= 0.6 is 0 Å². The summed E-state index contributed by atoms with van der Waals surface area (Å²) in [5, 5.41) is 0. The second-order valence-electron chi connectivity index (χ2n) is 7.60. The fraction of sp³-hybridized carbons (Fsp3) is 0.478. The highest BCUT2D eigenvalue weighted by Gasteiger charge is 2.35. The maximum absolute atomic E-state index is 6.35. The summed E-state index contributed by atoms with van der Waals surface area (Å²) in [4.78, 5) is 2.43. The number of methoxy groups -OCH3 is 2. The maximum Gasteiger partial charge on any atom is 0.188 e. The molecule has 0 bridgehead atoms. The molecular weight excluding hydrogens is 354 g/mol. The first-order chi connectivity index (χ1) is 13.6. The number of ether oxygens (including phenoxy) is 4. The summed E-state index contributed by atoms with van der Waals surface area (Å²) in [6.07, 6.45) is 1.94. The molecule has 28 heavy (non-hydrogen) atoms. The lowest BCUT2D eigenvalue weighted by atomic mass is 10.1. The van der Waals surface area contributed by atoms with Crippen LogP contribution in [-0.4, -0.2) is 51.2 Å². The van der Waals surface area contributed by atoms with E-state index in [-0.39, 0.29) is 12.4 Å². The molecule has 1 atom stereocenters. The fourth-order valence-electron chi connectivity index (χ4n) is 3.59. The van der Waals surface area contributed by atoms with E-state index in [2.05, 4.69) is 48.2 Å². The molecule has 5 nitrogen and oxygen atoms in total. The maximum atomic E-state index is 6.35. The molecule has 1 saturated heterocycles. The van der Waals surface area contributed by atoms with Crippen molar-refractivity contribution >= 4 is 0 Å². The topological polar surface area (TPSA) is 40.2 Å². The van der Waals surface area contributed by atoms with Gasteiger partial charge in [0.2, 0.25) is 0 Å². The zero-order chi connectivity index (χ0) is 19.8. The van der Waals surface area contributed by atoms with Crippen LogP contribution in [0.4, 0.5) is 0 Å². The summed E-state index contributed by atoms with van der Waals surface area (Å²) in [7, 11) is 3.36. The van der Waals surface area contributed by atoms with Crippen molar-refractivity contribution in [2.75, 3.05) is 40.7 Å². The predicted molar refractivity (Wildman–Crippen MR) is 110 cm³/mol. The van der Waals surface area contributed by atoms with Crippen molar-refractivity contribution in [3.63, 3.8) is 0 Å². The quantitative estimate of drug-likeness (QED) is 0.580. The fourth-order valence-corrected chi connectivity index (χ4v) is 3.59. The van der Waals surface area contributed by atoms with E-state index in [1.165, 1.54) is 11.1 Å². The van der Waals surface area contributed by atoms with Crippen LogP contribution in [0.1, 0.15) is 24.5 Å². The SMILES string of the molecule is COCCc1ccc(OC2(C)CCN(Cc3cccc(OCOC)c3)C2)cc1. The summed E-state index contributed by atoms with van der Waals surface area (Å²) in [5.41, 5.74) is 2.33. The molecule has 1 fully saturated rings. The van der Waals surface area contributed by atoms with Gasteiger partial charge in [-0.3, -0.25) is 4.90 Å². The van der Waals surface area contributed by atoms with Gasteiger partial charge in [0.05, 0.1) is 6.61 Å². The second-order valence-corrected chi connectivity index (χ2v) is 7.60. The van der Waals surface area contributed by atoms with E-state index in [9.17, 15) is 0 Å². The van der Waals surface area contributed by atoms with Gasteiger partial charge in [-0.1, -0.05) is 24.3 Å². The van der Waals surface area contributed by atoms with Gasteiger partial charge in [-0.05, 0) is 48.7 Å². The highest BCUT2D eigenvalue weighted by atomic mass is 16.7. The minimum Gasteiger partial charge on any atom is -0.486 e. The van der Waals surface area contributed by atoms with Gasteiger partial charge in [0.25, 0.3) is 0 Å². The third-order valence-corrected chi connectivity index (χ3v) is 5.05. The molecule has 0 amide bonds. The molecule has 0 aromatic heterocycles. The zero-order valence-electron chi connectivity index (χ0n) is 17.1. The average Bonchev–Trinajstić information content (AvgIpc) is 3.06. The van der Waals surface area contributed by atoms with E-state index < -0.39 is 0 Å². The second kappa shape index (κ2) is 9.92. The Kier molecular flexibility index (Phi) is 7.31. The Morgan fingerprint density at radius 1 is 0.964 bits per heavy atom. The van der Waals surface area contributed by atoms with Crippen molar-refractivity contribution in [3.8, 4) is 11.5 Å². The number of nitrogens with zero attached hydrogens (tertiary/aromatic N) is 1. The third-order valence-electron chi connectivity index (χ3n) is 5.05. The first-order valence-electron chi connectivity index (χ1n) is 9.80. The molecule has 1 aliphatic heterocycles. The molecule has 0 N–H and O–H groups in total. The highest BCUT2D eigenvalue weighted by molar-refractivity contribution is 5.29. The Bertz CT molecular complexity index is 734. The molecule has 3 rings (SSSR count). The predicted octanol–water partition coefficient (Wildman–Crippen LogP) is 3.90. The van der Waals surface area contributed by atoms with Crippen molar-refractivity contribution in [2.45, 2.75) is 31.9 Å². The standard InChI is InChI=1S/C23H31NO4/c1-23(28-21-9-7-19(8-10-21)11-14-25-2)12-13-24(17-23)16-20-5-4-6-22(15-20)27-18-26-3/h4-10,15H,11-14,16-18H2,1-3H3. The Labute approximate surface area is 168 Å². The molecule has 2 aromatic rings. The number of hydrogen-bond donors (Lipinski definition) is 0. The lowest BCUT2D eigenvalue weighted by Crippen LogP contribution is -2.35. The first kappa shape index (κ1) is 20.6. The molecule has 0 spiro atoms. The highest BCUT2D eigenvalue weighted by Crippen LogP contribution is 2.29. The van der Waals surface area contributed by atoms with Crippen LogP contribution in [0, 0.1) is 0 Å². The Balaban J connectivity index is 1.53. The van der Waals surface area contributed by atoms with Crippen molar-refractivity contribution < 1.29 is 18.9 Å². The van der Waals surface area contributed by atoms with Crippen molar-refractivity contribution in [2.24, 2.45) is 0 Å². The zero-order valence-corrected chi connectivity index (χ0v) is 17.1. The molecule has 0 radical (unpaired) electrons. The number of benzene rings is 2. The van der Waals surface area contributed by atoms with Gasteiger partial charge in [0, 0.05) is 40.3 Å². The molecular formula is C23H31NO4. The normalized spacial score (nSPS) is 19.7. The van der Waals surface area contributed by atoms with Gasteiger partial charge >= 0.3 is 0 Å². The summed E-state index contributed by atoms with van der Waals surface area (Å²) < 4.78 is 22.0. The largest absolute Gasteiger partial charge is 0.486 e. The molecule has 0 saturated carbocycles. The average molecular weight is 386 g/mol. The summed E-state index contributed by atoms with van der Waals surface area (Å²) in [5.74, 6) is 1.77. The van der Waals surface area contributed by atoms with Gasteiger partial charge in [0.15, 0.2) is 6.79 Å². The minimum atomic E-state index is -0.168. The Morgan fingerprint density at radius 3 is 2.54 bits per heavy atom. The van der Waals surface area contributed by atoms with Crippen molar-refractivity contribution in [1.29, 1.82) is 0 Å². The smallest absolute Gasteiger partial charge is 0.188 e. The molecule has 152 valence electrons. The lowest BCUT2D eigenvalue weighted by Gasteiger charge is -2.26. The van der Waals surface area contributed by atoms with Crippen molar-refractivity contribution in [3.05, 3.63) is 59.7 Å². The van der Waals surface area contributed by atoms with Gasteiger partial charge in [0.1, 0.15) is 17.1 Å². The summed E-state index contributed by atoms with van der Waals surface area (Å²) >= 11 is 0. The first-order valence-corrected chi connectivity index (χ1v) is 9.80. The summed E-state index contributed by atoms with van der Waals surface area (Å²) in [6.45, 7) is 6.02. The van der Waals surface area contributed by atoms with Crippen molar-refractivity contribution in [1.82, 2.24) is 4.90 Å². The number of likely N-dealkylation sites (tertiary alicyclic amines) is 1. The van der Waals surface area contributed by atoms with Crippen LogP contribution < -0.4 is 9.47 Å². The Hall–Kier alpha value is -2.08. The minimum absolute atomic E-state index is 0.168. The van der Waals surface area contributed by atoms with E-state index in [0.29, 0.717) is 0 Å². The van der Waals surface area contributed by atoms with E-state index in [0.717, 1.165) is 50.6 Å². The van der Waals surface area contributed by atoms with E-state index in [4.69, 9.17) is 18.9 Å². The van der Waals surface area contributed by atoms with Gasteiger partial charge in [-0.25, -0.2) is 0 Å². The van der Waals surface area contributed by atoms with Gasteiger partial charge in [-0.15, -0.1) is 0 Å². The van der Waals surface area contributed by atoms with Crippen LogP contribution in [0.15, 0.2) is 48.5 Å². The third kappa shape index (κ3) is 5.96. The molecule has 1 unspecified atom stereocenters. The lowest BCUT2D eigenvalue weighted by molar-refractivity contribution is 0.0510. The number of hydrogen-bond acceptors (Lipinski definition) is 5. The van der Waals surface area contributed by atoms with E-state index >= 15 is 0 Å². The molecule has 0 aliphatic carbocycles. The summed E-state index contributed by atoms with van der Waals surface area (Å²) in [6, 6.07) is 16.6. The van der Waals surface area contributed by atoms with E-state index in [1.54, 1.807) is 14.2 Å². The van der Waals surface area contributed by atoms with Crippen LogP contribution in [-0.2, 0) is 22.4 Å². The molecule has 1 heterocycles. The van der Waals surface area contributed by atoms with Crippen LogP contribution in [0.5, 0.6) is 11.5 Å². The van der Waals surface area contributed by atoms with Crippen LogP contribution in [0.2, 0.25) is 0 Å². The van der Waals surface area contributed by atoms with Gasteiger partial charge in [-0.2, -0.15) is 0 Å². The molecule has 2 aromatic carbocycles. The van der Waals surface area contributed by atoms with Crippen LogP contribution in [0.3, 0.4) is 0 Å². The van der Waals surface area contributed by atoms with Crippen LogP contribution in [0.25, 0.3) is 0 Å². The Morgan fingerprint density at radius 2 is 1.79 bits per heavy atom. The monoisotopic (exact) mass is 385 g/mol. The number of rotatable bonds is 10. The molecule has 1 aliphatic rings. The van der Waals surface area contributed by atoms with E-state index in [1.807, 2.05) is 12.1 Å². The molecule has 5 heteroatoms. The van der Waals surface area contributed by atoms with Gasteiger partial charge < -0.3 is 18.9 Å².